The molecule has 2 aromatic carbocycles. The molecule has 0 saturated heterocycles. The number of aryl methyl sites for hydroxylation is 2. The van der Waals surface area contributed by atoms with Crippen LogP contribution < -0.4 is 4.74 Å². The maximum atomic E-state index is 12.8. The van der Waals surface area contributed by atoms with Crippen LogP contribution in [0.2, 0.25) is 0 Å². The molecule has 0 saturated carbocycles. The summed E-state index contributed by atoms with van der Waals surface area (Å²) in [6.07, 6.45) is 0.308. The third kappa shape index (κ3) is 2.70. The van der Waals surface area contributed by atoms with Crippen LogP contribution in [0.25, 0.3) is 10.9 Å². The van der Waals surface area contributed by atoms with Crippen molar-refractivity contribution in [1.82, 2.24) is 4.57 Å². The van der Waals surface area contributed by atoms with Crippen LogP contribution in [0.4, 0.5) is 0 Å². The number of hydrogen-bond donors (Lipinski definition) is 0. The number of para-hydroxylation sites is 1. The Morgan fingerprint density at radius 3 is 2.54 bits per heavy atom. The third-order valence-electron chi connectivity index (χ3n) is 4.68. The average molecular weight is 368 g/mol. The fourth-order valence-electron chi connectivity index (χ4n) is 3.40. The molecule has 1 aliphatic rings. The Bertz CT molecular complexity index is 1130. The lowest BCUT2D eigenvalue weighted by molar-refractivity contribution is 0.224. The fourth-order valence-corrected chi connectivity index (χ4v) is 4.44. The minimum absolute atomic E-state index is 0.139. The minimum Gasteiger partial charge on any atom is -0.487 e. The summed E-state index contributed by atoms with van der Waals surface area (Å²) < 4.78 is 37.8. The first-order valence-corrected chi connectivity index (χ1v) is 9.96. The van der Waals surface area contributed by atoms with Crippen LogP contribution in [0, 0.1) is 6.92 Å². The Balaban J connectivity index is 1.91. The van der Waals surface area contributed by atoms with E-state index in [1.165, 1.54) is 0 Å². The molecule has 1 aromatic heterocycles. The van der Waals surface area contributed by atoms with E-state index in [1.54, 1.807) is 24.3 Å². The molecule has 4 rings (SSSR count). The molecule has 0 N–H and O–H groups in total. The van der Waals surface area contributed by atoms with E-state index in [0.717, 1.165) is 22.2 Å². The molecule has 0 spiro atoms. The Hall–Kier alpha value is -2.60. The number of nitrogens with zero attached hydrogens (tertiary/aromatic N) is 2. The molecule has 1 atom stereocenters. The van der Waals surface area contributed by atoms with Crippen molar-refractivity contribution in [2.75, 3.05) is 0 Å². The van der Waals surface area contributed by atoms with Crippen LogP contribution in [0.15, 0.2) is 57.8 Å². The summed E-state index contributed by atoms with van der Waals surface area (Å²) in [5.41, 5.74) is 3.28. The van der Waals surface area contributed by atoms with Gasteiger partial charge in [-0.2, -0.15) is 12.8 Å². The number of hydrogen-bond acceptors (Lipinski definition) is 3. The molecule has 2 heterocycles. The van der Waals surface area contributed by atoms with Gasteiger partial charge in [-0.3, -0.25) is 0 Å². The van der Waals surface area contributed by atoms with E-state index >= 15 is 0 Å². The Morgan fingerprint density at radius 1 is 1.12 bits per heavy atom. The van der Waals surface area contributed by atoms with Crippen molar-refractivity contribution < 1.29 is 13.2 Å². The Kier molecular flexibility index (Phi) is 3.88. The molecule has 5 nitrogen and oxygen atoms in total. The van der Waals surface area contributed by atoms with E-state index in [9.17, 15) is 8.42 Å². The van der Waals surface area contributed by atoms with Crippen molar-refractivity contribution in [3.8, 4) is 5.75 Å². The molecule has 0 aliphatic carbocycles. The number of fused-ring (bicyclic) bond motifs is 3. The quantitative estimate of drug-likeness (QED) is 0.690. The molecule has 0 unspecified atom stereocenters. The lowest BCUT2D eigenvalue weighted by atomic mass is 10.1. The van der Waals surface area contributed by atoms with Gasteiger partial charge in [-0.25, -0.2) is 0 Å². The first-order chi connectivity index (χ1) is 12.4. The van der Waals surface area contributed by atoms with Gasteiger partial charge < -0.3 is 9.30 Å². The van der Waals surface area contributed by atoms with Crippen molar-refractivity contribution in [3.63, 3.8) is 0 Å². The molecular formula is C20H20N2O3S. The van der Waals surface area contributed by atoms with Gasteiger partial charge in [0.05, 0.1) is 16.1 Å². The topological polar surface area (TPSA) is 60.7 Å². The summed E-state index contributed by atoms with van der Waals surface area (Å²) in [4.78, 5) is 0.204. The van der Waals surface area contributed by atoms with Crippen LogP contribution in [0.5, 0.6) is 5.75 Å². The lowest BCUT2D eigenvalue weighted by Crippen LogP contribution is -2.26. The highest BCUT2D eigenvalue weighted by Gasteiger charge is 2.30. The minimum atomic E-state index is -3.78. The second kappa shape index (κ2) is 5.99. The van der Waals surface area contributed by atoms with E-state index in [0.29, 0.717) is 17.9 Å². The molecule has 3 aromatic rings. The van der Waals surface area contributed by atoms with Crippen LogP contribution in [-0.2, 0) is 17.1 Å². The van der Waals surface area contributed by atoms with Gasteiger partial charge in [0.1, 0.15) is 11.8 Å². The smallest absolute Gasteiger partial charge is 0.282 e. The van der Waals surface area contributed by atoms with Crippen molar-refractivity contribution in [1.29, 1.82) is 0 Å². The van der Waals surface area contributed by atoms with E-state index in [-0.39, 0.29) is 11.0 Å². The number of sulfonamides is 1. The molecule has 6 heteroatoms. The highest BCUT2D eigenvalue weighted by Crippen LogP contribution is 2.38. The van der Waals surface area contributed by atoms with Crippen LogP contribution in [0.1, 0.15) is 24.6 Å². The molecule has 0 radical (unpaired) electrons. The molecule has 134 valence electrons. The number of ether oxygens (including phenoxy) is 1. The summed E-state index contributed by atoms with van der Waals surface area (Å²) in [5, 5.41) is 0.969. The maximum absolute atomic E-state index is 12.8. The Labute approximate surface area is 153 Å². The zero-order chi connectivity index (χ0) is 18.5. The molecule has 1 aliphatic heterocycles. The van der Waals surface area contributed by atoms with Gasteiger partial charge >= 0.3 is 0 Å². The summed E-state index contributed by atoms with van der Waals surface area (Å²) in [6.45, 7) is 3.85. The largest absolute Gasteiger partial charge is 0.487 e. The third-order valence-corrected chi connectivity index (χ3v) is 6.01. The van der Waals surface area contributed by atoms with Gasteiger partial charge in [0, 0.05) is 18.9 Å². The van der Waals surface area contributed by atoms with Gasteiger partial charge in [-0.05, 0) is 38.1 Å². The van der Waals surface area contributed by atoms with Crippen molar-refractivity contribution in [2.45, 2.75) is 31.3 Å². The first kappa shape index (κ1) is 16.8. The van der Waals surface area contributed by atoms with Crippen LogP contribution >= 0.6 is 0 Å². The maximum Gasteiger partial charge on any atom is 0.282 e. The number of benzene rings is 2. The highest BCUT2D eigenvalue weighted by molar-refractivity contribution is 7.90. The highest BCUT2D eigenvalue weighted by atomic mass is 32.2. The van der Waals surface area contributed by atoms with Gasteiger partial charge in [-0.15, -0.1) is 0 Å². The predicted molar refractivity (Wildman–Crippen MR) is 103 cm³/mol. The Morgan fingerprint density at radius 2 is 1.81 bits per heavy atom. The monoisotopic (exact) mass is 368 g/mol. The van der Waals surface area contributed by atoms with Gasteiger partial charge in [0.2, 0.25) is 0 Å². The normalized spacial score (nSPS) is 18.7. The number of aromatic nitrogens is 1. The summed E-state index contributed by atoms with van der Waals surface area (Å²) >= 11 is 0. The zero-order valence-electron chi connectivity index (χ0n) is 14.9. The fraction of sp³-hybridized carbons (Fsp3) is 0.250. The van der Waals surface area contributed by atoms with Gasteiger partial charge in [-0.1, -0.05) is 29.8 Å². The van der Waals surface area contributed by atoms with Crippen LogP contribution in [0.3, 0.4) is 0 Å². The molecule has 0 amide bonds. The molecular weight excluding hydrogens is 348 g/mol. The lowest BCUT2D eigenvalue weighted by Gasteiger charge is -2.23. The summed E-state index contributed by atoms with van der Waals surface area (Å²) in [5.74, 6) is 0.708. The van der Waals surface area contributed by atoms with Crippen molar-refractivity contribution in [3.05, 3.63) is 59.8 Å². The van der Waals surface area contributed by atoms with Crippen LogP contribution in [-0.4, -0.2) is 24.8 Å². The molecule has 0 bridgehead atoms. The SMILES string of the molecule is Cc1ccc(S(=O)(=O)/N=C2\C[C@@H](C)Oc3c2n(C)c2ccccc32)cc1. The van der Waals surface area contributed by atoms with Crippen molar-refractivity contribution >= 4 is 26.6 Å². The second-order valence-electron chi connectivity index (χ2n) is 6.71. The zero-order valence-corrected chi connectivity index (χ0v) is 15.7. The summed E-state index contributed by atoms with van der Waals surface area (Å²) in [6, 6.07) is 14.6. The van der Waals surface area contributed by atoms with E-state index in [1.807, 2.05) is 49.7 Å². The average Bonchev–Trinajstić information content (AvgIpc) is 2.88. The number of rotatable bonds is 2. The van der Waals surface area contributed by atoms with E-state index in [2.05, 4.69) is 4.40 Å². The first-order valence-electron chi connectivity index (χ1n) is 8.52. The predicted octanol–water partition coefficient (Wildman–Crippen LogP) is 3.84. The molecule has 26 heavy (non-hydrogen) atoms. The second-order valence-corrected chi connectivity index (χ2v) is 8.32. The van der Waals surface area contributed by atoms with E-state index in [4.69, 9.17) is 4.74 Å². The molecule has 0 fully saturated rings. The standard InChI is InChI=1S/C20H20N2O3S/c1-13-8-10-15(11-9-13)26(23,24)21-17-12-14(2)25-20-16-6-4-5-7-18(16)22(3)19(17)20/h4-11,14H,12H2,1-3H3/b21-17+/t14-/m1/s1. The van der Waals surface area contributed by atoms with Gasteiger partial charge in [0.25, 0.3) is 10.0 Å². The van der Waals surface area contributed by atoms with Crippen molar-refractivity contribution in [2.24, 2.45) is 11.4 Å². The summed E-state index contributed by atoms with van der Waals surface area (Å²) in [7, 11) is -1.87. The van der Waals surface area contributed by atoms with E-state index < -0.39 is 10.0 Å². The van der Waals surface area contributed by atoms with Gasteiger partial charge in [0.15, 0.2) is 5.75 Å².